The third-order valence-corrected chi connectivity index (χ3v) is 7.22. The minimum atomic E-state index is -4.51. The monoisotopic (exact) mass is 625 g/mol. The van der Waals surface area contributed by atoms with Crippen molar-refractivity contribution in [3.8, 4) is 0 Å². The van der Waals surface area contributed by atoms with Gasteiger partial charge in [-0.25, -0.2) is 14.6 Å². The van der Waals surface area contributed by atoms with E-state index in [-0.39, 0.29) is 42.9 Å². The van der Waals surface area contributed by atoms with Gasteiger partial charge in [-0.05, 0) is 18.1 Å². The number of hydrogen-bond acceptors (Lipinski definition) is 9. The van der Waals surface area contributed by atoms with Crippen molar-refractivity contribution in [2.24, 2.45) is 0 Å². The van der Waals surface area contributed by atoms with E-state index in [0.29, 0.717) is 49.3 Å². The normalized spacial score (nSPS) is 14.0. The van der Waals surface area contributed by atoms with Crippen molar-refractivity contribution in [1.82, 2.24) is 29.2 Å². The van der Waals surface area contributed by atoms with Crippen LogP contribution in [0.5, 0.6) is 0 Å². The summed E-state index contributed by atoms with van der Waals surface area (Å²) in [5.74, 6) is -0.140. The van der Waals surface area contributed by atoms with Crippen molar-refractivity contribution in [3.63, 3.8) is 0 Å². The number of halogens is 3. The molecule has 0 N–H and O–H groups in total. The first-order valence-corrected chi connectivity index (χ1v) is 14.0. The highest BCUT2D eigenvalue weighted by molar-refractivity contribution is 5.87. The summed E-state index contributed by atoms with van der Waals surface area (Å²) in [7, 11) is 0. The van der Waals surface area contributed by atoms with Gasteiger partial charge in [-0.1, -0.05) is 30.3 Å². The van der Waals surface area contributed by atoms with Crippen molar-refractivity contribution in [2.45, 2.75) is 33.0 Å². The van der Waals surface area contributed by atoms with E-state index in [1.165, 1.54) is 33.9 Å². The lowest BCUT2D eigenvalue weighted by Gasteiger charge is -2.34. The molecule has 236 valence electrons. The van der Waals surface area contributed by atoms with Crippen LogP contribution in [0.3, 0.4) is 0 Å². The molecule has 0 aliphatic carbocycles. The molecule has 4 aromatic rings. The van der Waals surface area contributed by atoms with Crippen LogP contribution < -0.4 is 16.0 Å². The maximum Gasteiger partial charge on any atom is 0.419 e. The molecule has 1 fully saturated rings. The van der Waals surface area contributed by atoms with Crippen molar-refractivity contribution >= 4 is 22.8 Å². The Kier molecular flexibility index (Phi) is 9.56. The van der Waals surface area contributed by atoms with Crippen molar-refractivity contribution in [2.75, 3.05) is 37.7 Å². The van der Waals surface area contributed by atoms with Crippen LogP contribution in [0.4, 0.5) is 19.1 Å². The van der Waals surface area contributed by atoms with Crippen molar-refractivity contribution < 1.29 is 27.4 Å². The predicted octanol–water partition coefficient (Wildman–Crippen LogP) is 2.73. The first-order valence-electron chi connectivity index (χ1n) is 14.0. The molecular formula is C30H30F3N7O5. The standard InChI is InChI=1S/C30H30F3N7O5/c1-21-15-26(42)39(24-18-36-40(28(43)27(21)24)20-45-19-22-5-3-2-4-6-22)12-14-44-13-7-25(41)37-8-10-38(11-9-37)29-34-16-23(17-35-29)30(31,32)33/h2-7,13,15-18H,8-12,14,19-20H2,1H3/b13-7+. The average Bonchev–Trinajstić information content (AvgIpc) is 3.03. The predicted molar refractivity (Wildman–Crippen MR) is 157 cm³/mol. The summed E-state index contributed by atoms with van der Waals surface area (Å²) in [6.07, 6.45) is 0.916. The van der Waals surface area contributed by atoms with Crippen LogP contribution in [-0.2, 0) is 40.3 Å². The third-order valence-electron chi connectivity index (χ3n) is 7.22. The molecule has 0 spiro atoms. The summed E-state index contributed by atoms with van der Waals surface area (Å²) in [5, 5.41) is 4.54. The Morgan fingerprint density at radius 1 is 1.02 bits per heavy atom. The summed E-state index contributed by atoms with van der Waals surface area (Å²) >= 11 is 0. The van der Waals surface area contributed by atoms with E-state index in [4.69, 9.17) is 9.47 Å². The molecule has 5 rings (SSSR count). The van der Waals surface area contributed by atoms with Crippen LogP contribution in [0, 0.1) is 6.92 Å². The number of aryl methyl sites for hydroxylation is 1. The van der Waals surface area contributed by atoms with Crippen LogP contribution in [0.2, 0.25) is 0 Å². The maximum absolute atomic E-state index is 13.2. The van der Waals surface area contributed by atoms with E-state index >= 15 is 0 Å². The molecule has 0 saturated carbocycles. The molecule has 3 aromatic heterocycles. The lowest BCUT2D eigenvalue weighted by molar-refractivity contribution is -0.138. The molecule has 45 heavy (non-hydrogen) atoms. The van der Waals surface area contributed by atoms with Crippen LogP contribution in [0.1, 0.15) is 16.7 Å². The zero-order valence-electron chi connectivity index (χ0n) is 24.3. The quantitative estimate of drug-likeness (QED) is 0.149. The Hall–Kier alpha value is -5.05. The zero-order chi connectivity index (χ0) is 32.0. The number of piperazine rings is 1. The number of carbonyl (C=O) groups excluding carboxylic acids is 1. The first kappa shape index (κ1) is 31.4. The summed E-state index contributed by atoms with van der Waals surface area (Å²) in [6, 6.07) is 10.9. The number of fused-ring (bicyclic) bond motifs is 1. The fraction of sp³-hybridized carbons (Fsp3) is 0.333. The van der Waals surface area contributed by atoms with Gasteiger partial charge in [0.25, 0.3) is 11.1 Å². The number of nitrogens with zero attached hydrogens (tertiary/aromatic N) is 7. The van der Waals surface area contributed by atoms with Gasteiger partial charge < -0.3 is 23.8 Å². The summed E-state index contributed by atoms with van der Waals surface area (Å²) in [4.78, 5) is 49.4. The van der Waals surface area contributed by atoms with E-state index in [2.05, 4.69) is 15.1 Å². The van der Waals surface area contributed by atoms with E-state index in [0.717, 1.165) is 18.0 Å². The number of rotatable bonds is 10. The molecular weight excluding hydrogens is 595 g/mol. The molecule has 4 heterocycles. The smallest absolute Gasteiger partial charge is 0.419 e. The van der Waals surface area contributed by atoms with Crippen molar-refractivity contribution in [3.05, 3.63) is 105 Å². The van der Waals surface area contributed by atoms with Crippen molar-refractivity contribution in [1.29, 1.82) is 0 Å². The molecule has 0 atom stereocenters. The Morgan fingerprint density at radius 3 is 2.42 bits per heavy atom. The molecule has 15 heteroatoms. The zero-order valence-corrected chi connectivity index (χ0v) is 24.3. The number of benzene rings is 1. The van der Waals surface area contributed by atoms with E-state index in [9.17, 15) is 27.6 Å². The fourth-order valence-electron chi connectivity index (χ4n) is 4.84. The highest BCUT2D eigenvalue weighted by Gasteiger charge is 2.32. The molecule has 12 nitrogen and oxygen atoms in total. The second-order valence-electron chi connectivity index (χ2n) is 10.2. The lowest BCUT2D eigenvalue weighted by Crippen LogP contribution is -2.48. The number of aromatic nitrogens is 5. The number of alkyl halides is 3. The van der Waals surface area contributed by atoms with Gasteiger partial charge in [0, 0.05) is 50.7 Å². The molecule has 1 aromatic carbocycles. The largest absolute Gasteiger partial charge is 0.499 e. The van der Waals surface area contributed by atoms with Gasteiger partial charge in [0.2, 0.25) is 11.9 Å². The summed E-state index contributed by atoms with van der Waals surface area (Å²) in [5.41, 5.74) is 0.211. The van der Waals surface area contributed by atoms with Crippen LogP contribution in [-0.4, -0.2) is 67.9 Å². The molecule has 1 saturated heterocycles. The number of anilines is 1. The molecule has 1 aliphatic heterocycles. The summed E-state index contributed by atoms with van der Waals surface area (Å²) < 4.78 is 52.0. The lowest BCUT2D eigenvalue weighted by atomic mass is 10.2. The van der Waals surface area contributed by atoms with E-state index in [1.807, 2.05) is 30.3 Å². The maximum atomic E-state index is 13.2. The highest BCUT2D eigenvalue weighted by atomic mass is 19.4. The van der Waals surface area contributed by atoms with Gasteiger partial charge in [-0.15, -0.1) is 0 Å². The molecule has 1 amide bonds. The molecule has 0 bridgehead atoms. The highest BCUT2D eigenvalue weighted by Crippen LogP contribution is 2.28. The molecule has 0 unspecified atom stereocenters. The summed E-state index contributed by atoms with van der Waals surface area (Å²) in [6.45, 7) is 3.44. The van der Waals surface area contributed by atoms with E-state index < -0.39 is 11.7 Å². The van der Waals surface area contributed by atoms with Gasteiger partial charge in [-0.3, -0.25) is 14.4 Å². The molecule has 0 radical (unpaired) electrons. The Labute approximate surface area is 254 Å². The Morgan fingerprint density at radius 2 is 1.73 bits per heavy atom. The second-order valence-corrected chi connectivity index (χ2v) is 10.2. The number of amides is 1. The second kappa shape index (κ2) is 13.7. The number of carbonyl (C=O) groups is 1. The van der Waals surface area contributed by atoms with Crippen LogP contribution >= 0.6 is 0 Å². The average molecular weight is 626 g/mol. The first-order chi connectivity index (χ1) is 21.6. The Bertz CT molecular complexity index is 1780. The third kappa shape index (κ3) is 7.55. The number of hydrogen-bond donors (Lipinski definition) is 0. The number of pyridine rings is 1. The van der Waals surface area contributed by atoms with Crippen LogP contribution in [0.15, 0.2) is 76.9 Å². The minimum absolute atomic E-state index is 0.0458. The molecule has 1 aliphatic rings. The number of ether oxygens (including phenoxy) is 2. The van der Waals surface area contributed by atoms with Gasteiger partial charge in [0.05, 0.1) is 42.1 Å². The van der Waals surface area contributed by atoms with Gasteiger partial charge >= 0.3 is 6.18 Å². The van der Waals surface area contributed by atoms with Gasteiger partial charge in [-0.2, -0.15) is 18.3 Å². The Balaban J connectivity index is 1.13. The van der Waals surface area contributed by atoms with Gasteiger partial charge in [0.15, 0.2) is 0 Å². The van der Waals surface area contributed by atoms with Crippen LogP contribution in [0.25, 0.3) is 10.9 Å². The SMILES string of the molecule is Cc1cc(=O)n(CCO/C=C/C(=O)N2CCN(c3ncc(C(F)(F)F)cn3)CC2)c2cnn(COCc3ccccc3)c(=O)c12. The topological polar surface area (TPSA) is 125 Å². The minimum Gasteiger partial charge on any atom is -0.499 e. The van der Waals surface area contributed by atoms with E-state index in [1.54, 1.807) is 16.7 Å². The van der Waals surface area contributed by atoms with Gasteiger partial charge in [0.1, 0.15) is 13.3 Å². The fourth-order valence-corrected chi connectivity index (χ4v) is 4.84.